The fourth-order valence-electron chi connectivity index (χ4n) is 2.18. The molecule has 1 aliphatic rings. The highest BCUT2D eigenvalue weighted by atomic mass is 16.5. The first-order valence-corrected chi connectivity index (χ1v) is 7.17. The summed E-state index contributed by atoms with van der Waals surface area (Å²) in [6.07, 6.45) is -0.594. The summed E-state index contributed by atoms with van der Waals surface area (Å²) in [5.74, 6) is 0.921. The Bertz CT molecular complexity index is 759. The van der Waals surface area contributed by atoms with Gasteiger partial charge in [-0.3, -0.25) is 5.32 Å². The Morgan fingerprint density at radius 1 is 1.39 bits per heavy atom. The van der Waals surface area contributed by atoms with Crippen LogP contribution in [0.5, 0.6) is 5.75 Å². The summed E-state index contributed by atoms with van der Waals surface area (Å²) in [5, 5.41) is 2.50. The number of carbonyl (C=O) groups is 1. The number of nitrogen functional groups attached to an aromatic ring is 1. The van der Waals surface area contributed by atoms with E-state index in [1.807, 2.05) is 30.3 Å². The lowest BCUT2D eigenvalue weighted by Crippen LogP contribution is -2.18. The molecule has 0 radical (unpaired) electrons. The number of rotatable bonds is 3. The van der Waals surface area contributed by atoms with Gasteiger partial charge < -0.3 is 15.2 Å². The summed E-state index contributed by atoms with van der Waals surface area (Å²) in [7, 11) is 0. The number of nitrogens with one attached hydrogen (secondary N) is 1. The number of carbonyl (C=O) groups excluding carboxylic acids is 1. The molecule has 1 aromatic heterocycles. The van der Waals surface area contributed by atoms with Crippen molar-refractivity contribution in [1.82, 2.24) is 4.98 Å². The maximum absolute atomic E-state index is 11.4. The highest BCUT2D eigenvalue weighted by Gasteiger charge is 2.19. The van der Waals surface area contributed by atoms with Crippen molar-refractivity contribution < 1.29 is 14.3 Å². The number of ether oxygens (including phenoxy) is 2. The number of hydrogen-bond acceptors (Lipinski definition) is 6. The van der Waals surface area contributed by atoms with Crippen LogP contribution in [0.1, 0.15) is 12.5 Å². The van der Waals surface area contributed by atoms with Gasteiger partial charge in [0.15, 0.2) is 11.6 Å². The average Bonchev–Trinajstić information content (AvgIpc) is 2.55. The highest BCUT2D eigenvalue weighted by molar-refractivity contribution is 6.05. The van der Waals surface area contributed by atoms with Gasteiger partial charge in [-0.25, -0.2) is 14.8 Å². The van der Waals surface area contributed by atoms with Crippen LogP contribution >= 0.6 is 0 Å². The predicted molar refractivity (Wildman–Crippen MR) is 87.4 cm³/mol. The molecule has 118 valence electrons. The van der Waals surface area contributed by atoms with E-state index in [0.717, 1.165) is 11.3 Å². The molecule has 1 aliphatic heterocycles. The number of aromatic nitrogens is 1. The number of pyridine rings is 1. The van der Waals surface area contributed by atoms with Crippen molar-refractivity contribution in [2.24, 2.45) is 4.99 Å². The molecule has 0 unspecified atom stereocenters. The fourth-order valence-corrected chi connectivity index (χ4v) is 2.18. The minimum atomic E-state index is -0.594. The fraction of sp³-hybridized carbons (Fsp3) is 0.188. The van der Waals surface area contributed by atoms with Crippen molar-refractivity contribution in [3.05, 3.63) is 42.0 Å². The molecular formula is C16H16N4O3. The number of nitrogens with two attached hydrogens (primary N) is 1. The highest BCUT2D eigenvalue weighted by Crippen LogP contribution is 2.37. The number of amides is 1. The largest absolute Gasteiger partial charge is 0.485 e. The molecule has 0 spiro atoms. The molecule has 0 atom stereocenters. The third-order valence-corrected chi connectivity index (χ3v) is 3.21. The van der Waals surface area contributed by atoms with Gasteiger partial charge in [-0.1, -0.05) is 30.3 Å². The number of fused-ring (bicyclic) bond motifs is 1. The summed E-state index contributed by atoms with van der Waals surface area (Å²) in [6, 6.07) is 11.3. The molecule has 7 nitrogen and oxygen atoms in total. The monoisotopic (exact) mass is 312 g/mol. The van der Waals surface area contributed by atoms with Crippen LogP contribution in [0.3, 0.4) is 0 Å². The van der Waals surface area contributed by atoms with Crippen LogP contribution in [0.15, 0.2) is 41.4 Å². The van der Waals surface area contributed by atoms with Gasteiger partial charge >= 0.3 is 6.09 Å². The van der Waals surface area contributed by atoms with E-state index >= 15 is 0 Å². The van der Waals surface area contributed by atoms with Gasteiger partial charge in [-0.2, -0.15) is 0 Å². The Balaban J connectivity index is 1.90. The number of benzene rings is 1. The van der Waals surface area contributed by atoms with E-state index in [1.165, 1.54) is 0 Å². The van der Waals surface area contributed by atoms with Crippen molar-refractivity contribution in [2.75, 3.05) is 24.3 Å². The minimum absolute atomic E-state index is 0.183. The third-order valence-electron chi connectivity index (χ3n) is 3.21. The van der Waals surface area contributed by atoms with Crippen molar-refractivity contribution >= 4 is 29.1 Å². The molecule has 2 heterocycles. The Labute approximate surface area is 133 Å². The Hall–Kier alpha value is -3.09. The molecule has 0 fully saturated rings. The van der Waals surface area contributed by atoms with E-state index < -0.39 is 6.09 Å². The average molecular weight is 312 g/mol. The van der Waals surface area contributed by atoms with Crippen molar-refractivity contribution in [1.29, 1.82) is 0 Å². The maximum atomic E-state index is 11.4. The molecule has 3 N–H and O–H groups in total. The lowest BCUT2D eigenvalue weighted by molar-refractivity contribution is 0.168. The standard InChI is InChI=1S/C16H16N4O3/c1-2-22-16(21)20-13-8-12-14(15(17)19-13)18-11(9-23-12)10-6-4-3-5-7-10/h3-8H,2,9H2,1H3,(H3,17,19,20,21). The summed E-state index contributed by atoms with van der Waals surface area (Å²) < 4.78 is 10.5. The quantitative estimate of drug-likeness (QED) is 0.908. The third kappa shape index (κ3) is 3.23. The van der Waals surface area contributed by atoms with Crippen LogP contribution in [0.25, 0.3) is 0 Å². The molecule has 0 bridgehead atoms. The van der Waals surface area contributed by atoms with Gasteiger partial charge in [0.1, 0.15) is 18.1 Å². The molecule has 0 aliphatic carbocycles. The van der Waals surface area contributed by atoms with Crippen LogP contribution in [-0.2, 0) is 4.74 Å². The zero-order chi connectivity index (χ0) is 16.2. The summed E-state index contributed by atoms with van der Waals surface area (Å²) in [4.78, 5) is 20.1. The molecule has 1 aromatic carbocycles. The van der Waals surface area contributed by atoms with E-state index in [1.54, 1.807) is 13.0 Å². The van der Waals surface area contributed by atoms with Gasteiger partial charge in [0, 0.05) is 6.07 Å². The number of anilines is 2. The molecule has 23 heavy (non-hydrogen) atoms. The Morgan fingerprint density at radius 2 is 2.17 bits per heavy atom. The Kier molecular flexibility index (Phi) is 4.09. The summed E-state index contributed by atoms with van der Waals surface area (Å²) >= 11 is 0. The zero-order valence-corrected chi connectivity index (χ0v) is 12.6. The summed E-state index contributed by atoms with van der Waals surface area (Å²) in [5.41, 5.74) is 8.14. The van der Waals surface area contributed by atoms with Gasteiger partial charge in [-0.15, -0.1) is 0 Å². The second-order valence-corrected chi connectivity index (χ2v) is 4.80. The van der Waals surface area contributed by atoms with E-state index in [-0.39, 0.29) is 18.2 Å². The molecule has 0 saturated heterocycles. The summed E-state index contributed by atoms with van der Waals surface area (Å²) in [6.45, 7) is 2.31. The van der Waals surface area contributed by atoms with Crippen LogP contribution in [0.2, 0.25) is 0 Å². The normalized spacial score (nSPS) is 12.7. The van der Waals surface area contributed by atoms with Crippen molar-refractivity contribution in [3.63, 3.8) is 0 Å². The van der Waals surface area contributed by atoms with E-state index in [4.69, 9.17) is 15.2 Å². The van der Waals surface area contributed by atoms with E-state index in [2.05, 4.69) is 15.3 Å². The van der Waals surface area contributed by atoms with Crippen molar-refractivity contribution in [3.8, 4) is 5.75 Å². The first-order chi connectivity index (χ1) is 11.2. The second kappa shape index (κ2) is 6.35. The maximum Gasteiger partial charge on any atom is 0.412 e. The van der Waals surface area contributed by atoms with Gasteiger partial charge in [0.2, 0.25) is 0 Å². The van der Waals surface area contributed by atoms with Crippen LogP contribution in [0, 0.1) is 0 Å². The molecular weight excluding hydrogens is 296 g/mol. The van der Waals surface area contributed by atoms with Crippen LogP contribution in [-0.4, -0.2) is 30.0 Å². The second-order valence-electron chi connectivity index (χ2n) is 4.80. The molecule has 2 aromatic rings. The zero-order valence-electron chi connectivity index (χ0n) is 12.6. The molecule has 3 rings (SSSR count). The van der Waals surface area contributed by atoms with Crippen LogP contribution in [0.4, 0.5) is 22.1 Å². The number of hydrogen-bond donors (Lipinski definition) is 2. The molecule has 0 saturated carbocycles. The molecule has 7 heteroatoms. The Morgan fingerprint density at radius 3 is 2.91 bits per heavy atom. The first-order valence-electron chi connectivity index (χ1n) is 7.17. The van der Waals surface area contributed by atoms with Crippen molar-refractivity contribution in [2.45, 2.75) is 6.92 Å². The smallest absolute Gasteiger partial charge is 0.412 e. The van der Waals surface area contributed by atoms with Gasteiger partial charge in [-0.05, 0) is 12.5 Å². The number of aliphatic imine (C=N–C) groups is 1. The lowest BCUT2D eigenvalue weighted by atomic mass is 10.1. The van der Waals surface area contributed by atoms with Gasteiger partial charge in [0.05, 0.1) is 12.3 Å². The SMILES string of the molecule is CCOC(=O)Nc1cc2c(c(N)n1)N=C(c1ccccc1)CO2. The van der Waals surface area contributed by atoms with E-state index in [0.29, 0.717) is 18.0 Å². The van der Waals surface area contributed by atoms with E-state index in [9.17, 15) is 4.79 Å². The lowest BCUT2D eigenvalue weighted by Gasteiger charge is -2.19. The number of nitrogens with zero attached hydrogens (tertiary/aromatic N) is 2. The van der Waals surface area contributed by atoms with Crippen LogP contribution < -0.4 is 15.8 Å². The topological polar surface area (TPSA) is 98.8 Å². The molecule has 1 amide bonds. The predicted octanol–water partition coefficient (Wildman–Crippen LogP) is 2.75. The van der Waals surface area contributed by atoms with Gasteiger partial charge in [0.25, 0.3) is 0 Å². The first kappa shape index (κ1) is 14.8. The minimum Gasteiger partial charge on any atom is -0.485 e.